The van der Waals surface area contributed by atoms with Crippen molar-refractivity contribution in [2.75, 3.05) is 24.5 Å². The van der Waals surface area contributed by atoms with Crippen LogP contribution in [0.4, 0.5) is 5.69 Å². The molecule has 0 spiro atoms. The molecule has 0 aliphatic carbocycles. The normalized spacial score (nSPS) is 22.5. The van der Waals surface area contributed by atoms with Gasteiger partial charge in [-0.05, 0) is 43.7 Å². The molecule has 22 heavy (non-hydrogen) atoms. The molecule has 1 aromatic carbocycles. The van der Waals surface area contributed by atoms with Crippen LogP contribution in [0, 0.1) is 0 Å². The topological polar surface area (TPSA) is 44.4 Å². The maximum Gasteiger partial charge on any atom is 0.220 e. The van der Waals surface area contributed by atoms with Gasteiger partial charge in [-0.25, -0.2) is 0 Å². The summed E-state index contributed by atoms with van der Waals surface area (Å²) in [4.78, 5) is 13.9. The number of carbonyl (C=O) groups is 1. The van der Waals surface area contributed by atoms with Crippen molar-refractivity contribution in [2.24, 2.45) is 0 Å². The second kappa shape index (κ2) is 7.63. The van der Waals surface area contributed by atoms with Gasteiger partial charge in [-0.1, -0.05) is 18.2 Å². The number of nitrogens with one attached hydrogen (secondary N) is 2. The minimum atomic E-state index is 0.201. The molecule has 2 saturated heterocycles. The number of amides is 1. The maximum absolute atomic E-state index is 11.4. The van der Waals surface area contributed by atoms with Crippen molar-refractivity contribution in [1.82, 2.24) is 10.6 Å². The highest BCUT2D eigenvalue weighted by Gasteiger charge is 2.18. The van der Waals surface area contributed by atoms with Gasteiger partial charge in [0, 0.05) is 44.3 Å². The van der Waals surface area contributed by atoms with Gasteiger partial charge in [0.15, 0.2) is 0 Å². The van der Waals surface area contributed by atoms with Crippen molar-refractivity contribution in [3.63, 3.8) is 0 Å². The van der Waals surface area contributed by atoms with E-state index in [1.807, 2.05) is 0 Å². The fourth-order valence-electron chi connectivity index (χ4n) is 3.52. The molecule has 0 saturated carbocycles. The molecule has 3 rings (SSSR count). The average Bonchev–Trinajstić information content (AvgIpc) is 2.56. The summed E-state index contributed by atoms with van der Waals surface area (Å²) in [6.45, 7) is 4.09. The van der Waals surface area contributed by atoms with Crippen molar-refractivity contribution >= 4 is 11.6 Å². The largest absolute Gasteiger partial charge is 0.371 e. The van der Waals surface area contributed by atoms with Crippen LogP contribution in [0.5, 0.6) is 0 Å². The number of carbonyl (C=O) groups excluding carboxylic acids is 1. The Kier molecular flexibility index (Phi) is 5.33. The quantitative estimate of drug-likeness (QED) is 0.878. The van der Waals surface area contributed by atoms with E-state index >= 15 is 0 Å². The number of anilines is 1. The van der Waals surface area contributed by atoms with Gasteiger partial charge in [0.05, 0.1) is 0 Å². The van der Waals surface area contributed by atoms with Crippen molar-refractivity contribution in [2.45, 2.75) is 51.1 Å². The lowest BCUT2D eigenvalue weighted by atomic mass is 10.0. The number of hydrogen-bond donors (Lipinski definition) is 2. The predicted molar refractivity (Wildman–Crippen MR) is 90.0 cm³/mol. The summed E-state index contributed by atoms with van der Waals surface area (Å²) in [5, 5.41) is 6.60. The van der Waals surface area contributed by atoms with E-state index in [1.165, 1.54) is 43.6 Å². The molecular formula is C18H27N3O. The molecule has 4 nitrogen and oxygen atoms in total. The highest BCUT2D eigenvalue weighted by molar-refractivity contribution is 5.76. The molecule has 120 valence electrons. The fourth-order valence-corrected chi connectivity index (χ4v) is 3.52. The highest BCUT2D eigenvalue weighted by Crippen LogP contribution is 2.24. The molecule has 0 radical (unpaired) electrons. The number of piperidine rings is 2. The van der Waals surface area contributed by atoms with Gasteiger partial charge in [-0.3, -0.25) is 4.79 Å². The molecule has 2 N–H and O–H groups in total. The Balaban J connectivity index is 1.54. The Morgan fingerprint density at radius 2 is 1.95 bits per heavy atom. The lowest BCUT2D eigenvalue weighted by Gasteiger charge is -2.31. The van der Waals surface area contributed by atoms with Gasteiger partial charge in [0.25, 0.3) is 0 Å². The molecule has 4 heteroatoms. The summed E-state index contributed by atoms with van der Waals surface area (Å²) in [7, 11) is 0. The Bertz CT molecular complexity index is 497. The molecule has 1 aromatic rings. The Labute approximate surface area is 133 Å². The molecule has 0 aromatic heterocycles. The first kappa shape index (κ1) is 15.3. The van der Waals surface area contributed by atoms with Gasteiger partial charge < -0.3 is 15.5 Å². The molecule has 0 bridgehead atoms. The smallest absolute Gasteiger partial charge is 0.220 e. The van der Waals surface area contributed by atoms with Crippen LogP contribution in [0.3, 0.4) is 0 Å². The van der Waals surface area contributed by atoms with Gasteiger partial charge in [0.1, 0.15) is 0 Å². The Hall–Kier alpha value is -1.55. The van der Waals surface area contributed by atoms with Crippen LogP contribution in [0.1, 0.15) is 44.1 Å². The third-order valence-corrected chi connectivity index (χ3v) is 4.72. The van der Waals surface area contributed by atoms with E-state index in [1.54, 1.807) is 0 Å². The standard InChI is InChI=1S/C18H27N3O/c22-18-10-6-8-16(20-18)14-19-13-15-7-2-3-9-17(15)21-11-4-1-5-12-21/h2-3,7,9,16,19H,1,4-6,8,10-14H2,(H,20,22)/t16-/m1/s1. The van der Waals surface area contributed by atoms with E-state index < -0.39 is 0 Å². The summed E-state index contributed by atoms with van der Waals surface area (Å²) < 4.78 is 0. The van der Waals surface area contributed by atoms with Crippen molar-refractivity contribution in [3.8, 4) is 0 Å². The van der Waals surface area contributed by atoms with Crippen LogP contribution in [-0.4, -0.2) is 31.6 Å². The van der Waals surface area contributed by atoms with Crippen LogP contribution < -0.4 is 15.5 Å². The number of rotatable bonds is 5. The summed E-state index contributed by atoms with van der Waals surface area (Å²) in [6, 6.07) is 9.01. The van der Waals surface area contributed by atoms with Gasteiger partial charge >= 0.3 is 0 Å². The first-order valence-electron chi connectivity index (χ1n) is 8.66. The fraction of sp³-hybridized carbons (Fsp3) is 0.611. The van der Waals surface area contributed by atoms with Crippen LogP contribution in [0.25, 0.3) is 0 Å². The molecule has 1 atom stereocenters. The maximum atomic E-state index is 11.4. The SMILES string of the molecule is O=C1CCC[C@H](CNCc2ccccc2N2CCCCC2)N1. The zero-order valence-electron chi connectivity index (χ0n) is 13.3. The van der Waals surface area contributed by atoms with Crippen LogP contribution in [0.2, 0.25) is 0 Å². The predicted octanol–water partition coefficient (Wildman–Crippen LogP) is 2.44. The third-order valence-electron chi connectivity index (χ3n) is 4.72. The molecule has 1 amide bonds. The average molecular weight is 301 g/mol. The molecular weight excluding hydrogens is 274 g/mol. The lowest BCUT2D eigenvalue weighted by Crippen LogP contribution is -2.44. The lowest BCUT2D eigenvalue weighted by molar-refractivity contribution is -0.123. The highest BCUT2D eigenvalue weighted by atomic mass is 16.1. The van der Waals surface area contributed by atoms with Crippen LogP contribution in [0.15, 0.2) is 24.3 Å². The van der Waals surface area contributed by atoms with E-state index in [0.29, 0.717) is 12.5 Å². The summed E-state index contributed by atoms with van der Waals surface area (Å²) in [6.07, 6.45) is 6.76. The number of benzene rings is 1. The van der Waals surface area contributed by atoms with E-state index in [0.717, 1.165) is 25.9 Å². The van der Waals surface area contributed by atoms with Crippen molar-refractivity contribution in [3.05, 3.63) is 29.8 Å². The van der Waals surface area contributed by atoms with Crippen LogP contribution in [-0.2, 0) is 11.3 Å². The van der Waals surface area contributed by atoms with Crippen LogP contribution >= 0.6 is 0 Å². The molecule has 2 heterocycles. The second-order valence-electron chi connectivity index (χ2n) is 6.46. The van der Waals surface area contributed by atoms with E-state index in [4.69, 9.17) is 0 Å². The van der Waals surface area contributed by atoms with E-state index in [-0.39, 0.29) is 5.91 Å². The van der Waals surface area contributed by atoms with E-state index in [2.05, 4.69) is 39.8 Å². The first-order chi connectivity index (χ1) is 10.8. The summed E-state index contributed by atoms with van der Waals surface area (Å²) in [5.41, 5.74) is 2.74. The van der Waals surface area contributed by atoms with Gasteiger partial charge in [0.2, 0.25) is 5.91 Å². The zero-order chi connectivity index (χ0) is 15.2. The first-order valence-corrected chi connectivity index (χ1v) is 8.66. The molecule has 2 aliphatic rings. The number of hydrogen-bond acceptors (Lipinski definition) is 3. The minimum Gasteiger partial charge on any atom is -0.371 e. The number of nitrogens with zero attached hydrogens (tertiary/aromatic N) is 1. The monoisotopic (exact) mass is 301 g/mol. The molecule has 2 aliphatic heterocycles. The molecule has 2 fully saturated rings. The van der Waals surface area contributed by atoms with Gasteiger partial charge in [-0.2, -0.15) is 0 Å². The van der Waals surface area contributed by atoms with E-state index in [9.17, 15) is 4.79 Å². The summed E-state index contributed by atoms with van der Waals surface area (Å²) in [5.74, 6) is 0.201. The number of para-hydroxylation sites is 1. The Morgan fingerprint density at radius 3 is 2.77 bits per heavy atom. The summed E-state index contributed by atoms with van der Waals surface area (Å²) >= 11 is 0. The second-order valence-corrected chi connectivity index (χ2v) is 6.46. The van der Waals surface area contributed by atoms with Crippen molar-refractivity contribution in [1.29, 1.82) is 0 Å². The van der Waals surface area contributed by atoms with Gasteiger partial charge in [-0.15, -0.1) is 0 Å². The minimum absolute atomic E-state index is 0.201. The third kappa shape index (κ3) is 4.01. The Morgan fingerprint density at radius 1 is 1.14 bits per heavy atom. The zero-order valence-corrected chi connectivity index (χ0v) is 13.3. The van der Waals surface area contributed by atoms with Crippen molar-refractivity contribution < 1.29 is 4.79 Å². The molecule has 0 unspecified atom stereocenters.